The zero-order valence-corrected chi connectivity index (χ0v) is 32.1. The molecule has 15 heteroatoms. The van der Waals surface area contributed by atoms with Crippen molar-refractivity contribution in [3.8, 4) is 11.7 Å². The third-order valence-electron chi connectivity index (χ3n) is 11.1. The first-order chi connectivity index (χ1) is 24.5. The van der Waals surface area contributed by atoms with Gasteiger partial charge in [0.25, 0.3) is 5.91 Å². The van der Waals surface area contributed by atoms with Gasteiger partial charge in [0.2, 0.25) is 5.88 Å². The second-order valence-corrected chi connectivity index (χ2v) is 17.9. The number of aromatic nitrogens is 4. The predicted molar refractivity (Wildman–Crippen MR) is 203 cm³/mol. The van der Waals surface area contributed by atoms with Crippen LogP contribution in [0, 0.1) is 22.7 Å². The molecule has 52 heavy (non-hydrogen) atoms. The topological polar surface area (TPSA) is 124 Å². The molecule has 3 saturated carbocycles. The third-order valence-corrected chi connectivity index (χ3v) is 12.1. The van der Waals surface area contributed by atoms with Crippen LogP contribution >= 0.6 is 23.5 Å². The highest BCUT2D eigenvalue weighted by molar-refractivity contribution is 7.97. The summed E-state index contributed by atoms with van der Waals surface area (Å²) < 4.78 is 15.9. The fourth-order valence-corrected chi connectivity index (χ4v) is 9.51. The van der Waals surface area contributed by atoms with Crippen LogP contribution in [0.25, 0.3) is 5.82 Å². The predicted octanol–water partition coefficient (Wildman–Crippen LogP) is 7.00. The molecular weight excluding hydrogens is 696 g/mol. The minimum Gasteiger partial charge on any atom is -0.478 e. The van der Waals surface area contributed by atoms with Crippen molar-refractivity contribution in [1.82, 2.24) is 29.4 Å². The van der Waals surface area contributed by atoms with Crippen LogP contribution in [0.1, 0.15) is 89.9 Å². The molecule has 2 N–H and O–H groups in total. The molecule has 4 radical (unpaired) electrons. The van der Waals surface area contributed by atoms with E-state index >= 15 is 0 Å². The highest BCUT2D eigenvalue weighted by Crippen LogP contribution is 2.95. The van der Waals surface area contributed by atoms with Crippen LogP contribution in [0.2, 0.25) is 10.4 Å². The number of nitrogens with zero attached hydrogens (tertiary/aromatic N) is 5. The van der Waals surface area contributed by atoms with Crippen molar-refractivity contribution < 1.29 is 19.1 Å². The van der Waals surface area contributed by atoms with Crippen LogP contribution in [0.5, 0.6) is 5.88 Å². The van der Waals surface area contributed by atoms with Crippen LogP contribution < -0.4 is 14.8 Å². The maximum Gasteiger partial charge on any atom is 0.410 e. The molecule has 3 aromatic heterocycles. The number of carbonyl (C=O) groups is 2. The number of amides is 2. The van der Waals surface area contributed by atoms with Gasteiger partial charge < -0.3 is 19.7 Å². The first-order valence-corrected chi connectivity index (χ1v) is 19.3. The molecule has 1 aliphatic heterocycles. The first-order valence-electron chi connectivity index (χ1n) is 18.1. The molecule has 3 aliphatic carbocycles. The average molecular weight is 742 g/mol. The van der Waals surface area contributed by atoms with Gasteiger partial charge in [-0.25, -0.2) is 19.4 Å². The summed E-state index contributed by atoms with van der Waals surface area (Å²) in [4.78, 5) is 36.7. The van der Waals surface area contributed by atoms with E-state index in [4.69, 9.17) is 36.8 Å². The molecule has 3 aromatic rings. The molecule has 4 aliphatic rings. The summed E-state index contributed by atoms with van der Waals surface area (Å²) in [6.07, 6.45) is 9.21. The molecule has 4 heterocycles. The Labute approximate surface area is 318 Å². The number of hydrogen-bond acceptors (Lipinski definition) is 9. The number of anilines is 1. The van der Waals surface area contributed by atoms with Gasteiger partial charge in [-0.2, -0.15) is 0 Å². The van der Waals surface area contributed by atoms with E-state index in [1.54, 1.807) is 24.4 Å². The van der Waals surface area contributed by atoms with Crippen LogP contribution in [0.3, 0.4) is 0 Å². The summed E-state index contributed by atoms with van der Waals surface area (Å²) in [6, 6.07) is 10.6. The molecule has 1 atom stereocenters. The summed E-state index contributed by atoms with van der Waals surface area (Å²) in [6.45, 7) is 11.5. The number of pyridine rings is 2. The van der Waals surface area contributed by atoms with E-state index in [0.29, 0.717) is 51.8 Å². The minimum absolute atomic E-state index is 0.0398. The van der Waals surface area contributed by atoms with Gasteiger partial charge in [-0.1, -0.05) is 22.9 Å². The zero-order valence-electron chi connectivity index (χ0n) is 30.6. The second-order valence-electron chi connectivity index (χ2n) is 16.7. The second kappa shape index (κ2) is 13.5. The first kappa shape index (κ1) is 37.0. The van der Waals surface area contributed by atoms with E-state index in [1.165, 1.54) is 30.4 Å². The van der Waals surface area contributed by atoms with E-state index in [9.17, 15) is 9.59 Å². The molecule has 2 amide bonds. The standard InChI is InChI=1S/C37H46B2ClN7O4S/c1-33(2,3)51-32(49)46-21-23(20-34(46,4)5)8-7-18-41-25-9-6-10-28(42-25)52-45-30(48)24-11-12-26(43-29(24)40)47-19-13-27(44-47)50-22-37(38,39)31-35(14-15-35)36(31)16-17-36/h6,9-13,19,23,31H,7-8,14-18,20-22H2,1-5H3,(H,41,42)(H,45,48). The van der Waals surface area contributed by atoms with Gasteiger partial charge >= 0.3 is 6.09 Å². The lowest BCUT2D eigenvalue weighted by atomic mass is 9.51. The van der Waals surface area contributed by atoms with Gasteiger partial charge in [0, 0.05) is 42.8 Å². The summed E-state index contributed by atoms with van der Waals surface area (Å²) in [5.74, 6) is 1.85. The normalized spacial score (nSPS) is 20.9. The molecule has 0 bridgehead atoms. The van der Waals surface area contributed by atoms with Gasteiger partial charge in [-0.05, 0) is 126 Å². The fourth-order valence-electron chi connectivity index (χ4n) is 8.68. The Morgan fingerprint density at radius 2 is 1.79 bits per heavy atom. The molecule has 7 rings (SSSR count). The largest absolute Gasteiger partial charge is 0.478 e. The summed E-state index contributed by atoms with van der Waals surface area (Å²) in [5, 5.41) is 7.61. The molecule has 1 saturated heterocycles. The Morgan fingerprint density at radius 1 is 1.06 bits per heavy atom. The lowest BCUT2D eigenvalue weighted by molar-refractivity contribution is 0.0130. The number of nitrogens with one attached hydrogen (secondary N) is 2. The highest BCUT2D eigenvalue weighted by atomic mass is 35.5. The van der Waals surface area contributed by atoms with Crippen LogP contribution in [-0.4, -0.2) is 83.2 Å². The van der Waals surface area contributed by atoms with E-state index < -0.39 is 16.7 Å². The molecular formula is C37H46B2ClN7O4S. The Balaban J connectivity index is 0.853. The number of rotatable bonds is 13. The molecule has 2 spiro atoms. The number of ether oxygens (including phenoxy) is 2. The average Bonchev–Trinajstić information content (AvgIpc) is 4.03. The SMILES string of the molecule is [B]C([B])(COc1ccn(-c2ccc(C(=O)NSc3cccc(NCCCC4CN(C(=O)OC(C)(C)C)C(C)(C)C4)n3)c(Cl)n2)n1)C1C2(CC2)C12CC2. The Morgan fingerprint density at radius 3 is 2.46 bits per heavy atom. The Bertz CT molecular complexity index is 1820. The Kier molecular flexibility index (Phi) is 9.58. The van der Waals surface area contributed by atoms with Gasteiger partial charge in [0.05, 0.1) is 27.9 Å². The van der Waals surface area contributed by atoms with Crippen LogP contribution in [0.4, 0.5) is 10.6 Å². The van der Waals surface area contributed by atoms with E-state index in [1.807, 2.05) is 43.9 Å². The van der Waals surface area contributed by atoms with Crippen molar-refractivity contribution in [3.05, 3.63) is 53.3 Å². The van der Waals surface area contributed by atoms with Gasteiger partial charge in [0.1, 0.15) is 21.6 Å². The smallest absolute Gasteiger partial charge is 0.410 e. The Hall–Kier alpha value is -3.38. The maximum atomic E-state index is 13.0. The monoisotopic (exact) mass is 741 g/mol. The number of carbonyl (C=O) groups excluding carboxylic acids is 2. The number of halogens is 1. The highest BCUT2D eigenvalue weighted by Gasteiger charge is 2.88. The summed E-state index contributed by atoms with van der Waals surface area (Å²) >= 11 is 7.56. The van der Waals surface area contributed by atoms with Gasteiger partial charge in [-0.15, -0.1) is 5.10 Å². The van der Waals surface area contributed by atoms with Crippen LogP contribution in [0.15, 0.2) is 47.6 Å². The summed E-state index contributed by atoms with van der Waals surface area (Å²) in [7, 11) is 13.1. The van der Waals surface area contributed by atoms with Gasteiger partial charge in [0.15, 0.2) is 5.82 Å². The van der Waals surface area contributed by atoms with Crippen molar-refractivity contribution in [2.24, 2.45) is 22.7 Å². The zero-order chi connectivity index (χ0) is 37.1. The molecule has 4 fully saturated rings. The molecule has 272 valence electrons. The summed E-state index contributed by atoms with van der Waals surface area (Å²) in [5.41, 5.74) is 0.206. The van der Waals surface area contributed by atoms with E-state index in [2.05, 4.69) is 39.0 Å². The van der Waals surface area contributed by atoms with Crippen molar-refractivity contribution in [2.45, 2.75) is 101 Å². The van der Waals surface area contributed by atoms with Gasteiger partial charge in [-0.3, -0.25) is 9.52 Å². The molecule has 1 unspecified atom stereocenters. The lowest BCUT2D eigenvalue weighted by Gasteiger charge is -2.33. The van der Waals surface area contributed by atoms with E-state index in [-0.39, 0.29) is 29.0 Å². The lowest BCUT2D eigenvalue weighted by Crippen LogP contribution is -2.45. The number of likely N-dealkylation sites (tertiary alicyclic amines) is 1. The van der Waals surface area contributed by atoms with Crippen molar-refractivity contribution >= 4 is 57.1 Å². The van der Waals surface area contributed by atoms with Crippen molar-refractivity contribution in [1.29, 1.82) is 0 Å². The third kappa shape index (κ3) is 7.52. The minimum atomic E-state index is -0.887. The molecule has 11 nitrogen and oxygen atoms in total. The van der Waals surface area contributed by atoms with E-state index in [0.717, 1.165) is 37.8 Å². The van der Waals surface area contributed by atoms with Crippen molar-refractivity contribution in [2.75, 3.05) is 25.0 Å². The number of hydrogen-bond donors (Lipinski definition) is 2. The fraction of sp³-hybridized carbons (Fsp3) is 0.595. The van der Waals surface area contributed by atoms with Crippen molar-refractivity contribution in [3.63, 3.8) is 0 Å². The number of fused-ring (bicyclic) bond motifs is 1. The quantitative estimate of drug-likeness (QED) is 0.0825. The maximum absolute atomic E-state index is 13.0. The van der Waals surface area contributed by atoms with Crippen LogP contribution in [-0.2, 0) is 4.74 Å². The molecule has 0 aromatic carbocycles.